The number of aromatic nitrogens is 1. The molecule has 3 fully saturated rings. The van der Waals surface area contributed by atoms with Crippen LogP contribution in [-0.4, -0.2) is 34.2 Å². The van der Waals surface area contributed by atoms with Crippen molar-refractivity contribution in [3.05, 3.63) is 48.7 Å². The Balaban J connectivity index is 1.23. The monoisotopic (exact) mass is 373 g/mol. The summed E-state index contributed by atoms with van der Waals surface area (Å²) in [4.78, 5) is 44.1. The van der Waals surface area contributed by atoms with Crippen LogP contribution in [0.2, 0.25) is 0 Å². The minimum atomic E-state index is -0.359. The van der Waals surface area contributed by atoms with Gasteiger partial charge < -0.3 is 5.32 Å². The van der Waals surface area contributed by atoms with Gasteiger partial charge in [-0.25, -0.2) is 0 Å². The van der Waals surface area contributed by atoms with Gasteiger partial charge in [-0.1, -0.05) is 18.2 Å². The Bertz CT molecular complexity index is 1040. The van der Waals surface area contributed by atoms with E-state index in [0.29, 0.717) is 17.5 Å². The standard InChI is InChI=1S/C22H19N3O3/c26-18(24-17-5-1-4-16-13(17)3-2-8-23-16)10-25-21(27)19-11-6-7-12(15-9-14(11)15)20(19)22(25)28/h1-8,11-12,14-15,19-20H,9-10H2,(H,24,26)/t11-,12+,14-,15-,19+,20+/m1/s1. The molecule has 1 aromatic carbocycles. The lowest BCUT2D eigenvalue weighted by molar-refractivity contribution is -0.142. The smallest absolute Gasteiger partial charge is 0.244 e. The number of allylic oxidation sites excluding steroid dienone is 2. The van der Waals surface area contributed by atoms with Crippen LogP contribution in [0.1, 0.15) is 6.42 Å². The molecule has 1 aromatic heterocycles. The molecule has 28 heavy (non-hydrogen) atoms. The summed E-state index contributed by atoms with van der Waals surface area (Å²) < 4.78 is 0. The molecule has 4 aliphatic carbocycles. The van der Waals surface area contributed by atoms with E-state index in [1.165, 1.54) is 4.90 Å². The first-order valence-electron chi connectivity index (χ1n) is 9.80. The second-order valence-corrected chi connectivity index (χ2v) is 8.34. The van der Waals surface area contributed by atoms with Crippen LogP contribution in [-0.2, 0) is 14.4 Å². The van der Waals surface area contributed by atoms with Gasteiger partial charge in [0, 0.05) is 11.6 Å². The second-order valence-electron chi connectivity index (χ2n) is 8.34. The molecule has 2 saturated carbocycles. The summed E-state index contributed by atoms with van der Waals surface area (Å²) in [6.07, 6.45) is 7.10. The maximum absolute atomic E-state index is 13.0. The maximum Gasteiger partial charge on any atom is 0.244 e. The highest BCUT2D eigenvalue weighted by atomic mass is 16.2. The predicted octanol–water partition coefficient (Wildman–Crippen LogP) is 2.23. The van der Waals surface area contributed by atoms with E-state index in [2.05, 4.69) is 22.5 Å². The van der Waals surface area contributed by atoms with Gasteiger partial charge in [0.25, 0.3) is 0 Å². The Hall–Kier alpha value is -3.02. The zero-order valence-corrected chi connectivity index (χ0v) is 15.1. The number of benzene rings is 1. The maximum atomic E-state index is 13.0. The van der Waals surface area contributed by atoms with Crippen LogP contribution in [0.3, 0.4) is 0 Å². The largest absolute Gasteiger partial charge is 0.324 e. The van der Waals surface area contributed by atoms with E-state index in [1.54, 1.807) is 12.3 Å². The zero-order valence-electron chi connectivity index (χ0n) is 15.1. The first-order chi connectivity index (χ1) is 13.6. The summed E-state index contributed by atoms with van der Waals surface area (Å²) in [5.74, 6) is 0.241. The fourth-order valence-corrected chi connectivity index (χ4v) is 5.72. The number of imide groups is 1. The summed E-state index contributed by atoms with van der Waals surface area (Å²) in [5, 5.41) is 3.68. The highest BCUT2D eigenvalue weighted by Gasteiger charge is 2.67. The van der Waals surface area contributed by atoms with E-state index in [-0.39, 0.29) is 47.9 Å². The summed E-state index contributed by atoms with van der Waals surface area (Å²) in [6, 6.07) is 9.18. The third-order valence-electron chi connectivity index (χ3n) is 6.98. The van der Waals surface area contributed by atoms with Gasteiger partial charge in [0.1, 0.15) is 6.54 Å². The van der Waals surface area contributed by atoms with Gasteiger partial charge in [0.05, 0.1) is 23.0 Å². The first kappa shape index (κ1) is 16.0. The molecule has 6 atom stereocenters. The van der Waals surface area contributed by atoms with Crippen molar-refractivity contribution in [1.29, 1.82) is 0 Å². The first-order valence-corrected chi connectivity index (χ1v) is 9.80. The van der Waals surface area contributed by atoms with Crippen molar-refractivity contribution >= 4 is 34.3 Å². The van der Waals surface area contributed by atoms with Crippen LogP contribution in [0.4, 0.5) is 5.69 Å². The number of carbonyl (C=O) groups is 3. The molecule has 7 rings (SSSR count). The van der Waals surface area contributed by atoms with Gasteiger partial charge >= 0.3 is 0 Å². The highest BCUT2D eigenvalue weighted by molar-refractivity contribution is 6.10. The van der Waals surface area contributed by atoms with E-state index in [1.807, 2.05) is 24.3 Å². The number of hydrogen-bond donors (Lipinski definition) is 1. The van der Waals surface area contributed by atoms with E-state index < -0.39 is 0 Å². The molecule has 1 N–H and O–H groups in total. The molecule has 6 nitrogen and oxygen atoms in total. The van der Waals surface area contributed by atoms with Crippen LogP contribution in [0, 0.1) is 35.5 Å². The second kappa shape index (κ2) is 5.50. The topological polar surface area (TPSA) is 79.4 Å². The number of likely N-dealkylation sites (tertiary alicyclic amines) is 1. The zero-order chi connectivity index (χ0) is 19.0. The van der Waals surface area contributed by atoms with Crippen molar-refractivity contribution in [2.75, 3.05) is 11.9 Å². The third kappa shape index (κ3) is 2.08. The van der Waals surface area contributed by atoms with Crippen molar-refractivity contribution in [3.8, 4) is 0 Å². The van der Waals surface area contributed by atoms with E-state index in [9.17, 15) is 14.4 Å². The van der Waals surface area contributed by atoms with Gasteiger partial charge in [-0.05, 0) is 54.4 Å². The fourth-order valence-electron chi connectivity index (χ4n) is 5.72. The molecule has 3 amide bonds. The van der Waals surface area contributed by atoms with E-state index in [4.69, 9.17) is 0 Å². The number of fused-ring (bicyclic) bond motifs is 1. The van der Waals surface area contributed by atoms with Gasteiger partial charge in [0.15, 0.2) is 0 Å². The van der Waals surface area contributed by atoms with Gasteiger partial charge in [-0.2, -0.15) is 0 Å². The number of carbonyl (C=O) groups excluding carboxylic acids is 3. The van der Waals surface area contributed by atoms with Crippen LogP contribution < -0.4 is 5.32 Å². The third-order valence-corrected chi connectivity index (χ3v) is 6.98. The minimum absolute atomic E-state index is 0.172. The van der Waals surface area contributed by atoms with Crippen LogP contribution >= 0.6 is 0 Å². The molecule has 5 aliphatic rings. The highest BCUT2D eigenvalue weighted by Crippen LogP contribution is 2.65. The lowest BCUT2D eigenvalue weighted by Crippen LogP contribution is -2.40. The molecular weight excluding hydrogens is 354 g/mol. The number of pyridine rings is 1. The van der Waals surface area contributed by atoms with Crippen LogP contribution in [0.15, 0.2) is 48.7 Å². The SMILES string of the molecule is O=C(CN1C(=O)[C@H]2[C@@H]3C=C[C@@H]([C@H]4C[C@H]34)[C@@H]2C1=O)Nc1cccc2ncccc12. The Labute approximate surface area is 161 Å². The lowest BCUT2D eigenvalue weighted by atomic mass is 9.63. The quantitative estimate of drug-likeness (QED) is 0.661. The molecule has 0 spiro atoms. The molecule has 140 valence electrons. The Morgan fingerprint density at radius 3 is 2.46 bits per heavy atom. The van der Waals surface area contributed by atoms with Crippen LogP contribution in [0.5, 0.6) is 0 Å². The average Bonchev–Trinajstić information content (AvgIpc) is 3.49. The van der Waals surface area contributed by atoms with Gasteiger partial charge in [0.2, 0.25) is 17.7 Å². The number of anilines is 1. The van der Waals surface area contributed by atoms with Gasteiger partial charge in [-0.15, -0.1) is 0 Å². The number of rotatable bonds is 3. The van der Waals surface area contributed by atoms with Crippen molar-refractivity contribution < 1.29 is 14.4 Å². The number of amides is 3. The van der Waals surface area contributed by atoms with E-state index in [0.717, 1.165) is 17.3 Å². The molecule has 0 unspecified atom stereocenters. The lowest BCUT2D eigenvalue weighted by Gasteiger charge is -2.37. The molecular formula is C22H19N3O3. The molecule has 1 aliphatic heterocycles. The van der Waals surface area contributed by atoms with Crippen LogP contribution in [0.25, 0.3) is 10.9 Å². The fraction of sp³-hybridized carbons (Fsp3) is 0.364. The Morgan fingerprint density at radius 2 is 1.75 bits per heavy atom. The summed E-state index contributed by atoms with van der Waals surface area (Å²) in [7, 11) is 0. The summed E-state index contributed by atoms with van der Waals surface area (Å²) in [5.41, 5.74) is 1.41. The Morgan fingerprint density at radius 1 is 1.04 bits per heavy atom. The number of nitrogens with zero attached hydrogens (tertiary/aromatic N) is 2. The van der Waals surface area contributed by atoms with Gasteiger partial charge in [-0.3, -0.25) is 24.3 Å². The van der Waals surface area contributed by atoms with Crippen molar-refractivity contribution in [2.45, 2.75) is 6.42 Å². The number of hydrogen-bond acceptors (Lipinski definition) is 4. The molecule has 2 aromatic rings. The summed E-state index contributed by atoms with van der Waals surface area (Å²) >= 11 is 0. The Kier molecular flexibility index (Phi) is 3.14. The number of nitrogens with one attached hydrogen (secondary N) is 1. The minimum Gasteiger partial charge on any atom is -0.324 e. The average molecular weight is 373 g/mol. The summed E-state index contributed by atoms with van der Waals surface area (Å²) in [6.45, 7) is -0.226. The van der Waals surface area contributed by atoms with Crippen molar-refractivity contribution in [1.82, 2.24) is 9.88 Å². The molecule has 0 radical (unpaired) electrons. The molecule has 6 heteroatoms. The molecule has 2 bridgehead atoms. The molecule has 1 saturated heterocycles. The van der Waals surface area contributed by atoms with Crippen molar-refractivity contribution in [2.24, 2.45) is 35.5 Å². The molecule has 2 heterocycles. The predicted molar refractivity (Wildman–Crippen MR) is 102 cm³/mol. The van der Waals surface area contributed by atoms with Crippen molar-refractivity contribution in [3.63, 3.8) is 0 Å². The normalized spacial score (nSPS) is 34.5. The van der Waals surface area contributed by atoms with E-state index >= 15 is 0 Å².